The van der Waals surface area contributed by atoms with Gasteiger partial charge in [0, 0.05) is 6.04 Å². The van der Waals surface area contributed by atoms with Crippen molar-refractivity contribution in [2.75, 3.05) is 0 Å². The summed E-state index contributed by atoms with van der Waals surface area (Å²) in [4.78, 5) is 0. The van der Waals surface area contributed by atoms with Gasteiger partial charge in [0.15, 0.2) is 0 Å². The molecule has 0 aliphatic heterocycles. The number of hydrazine groups is 1. The Labute approximate surface area is 82.6 Å². The maximum atomic E-state index is 5.52. The van der Waals surface area contributed by atoms with Crippen LogP contribution >= 0.6 is 0 Å². The normalized spacial score (nSPS) is 15.8. The molecule has 2 unspecified atom stereocenters. The monoisotopic (exact) mass is 184 g/mol. The first-order valence-electron chi connectivity index (χ1n) is 5.15. The Morgan fingerprint density at radius 2 is 1.92 bits per heavy atom. The molecule has 2 nitrogen and oxygen atoms in total. The maximum absolute atomic E-state index is 5.52. The molecule has 0 spiro atoms. The fourth-order valence-electron chi connectivity index (χ4n) is 1.32. The molecule has 0 aromatic rings. The standard InChI is InChI=1S/C11H24N2/c1-6-9(4)7-11(13-12)10(5)8(2)3/h8,10-11,13H,4,6-7,12H2,1-3,5H3. The van der Waals surface area contributed by atoms with Crippen LogP contribution in [0.3, 0.4) is 0 Å². The molecule has 0 amide bonds. The maximum Gasteiger partial charge on any atom is 0.0275 e. The first-order chi connectivity index (χ1) is 6.02. The van der Waals surface area contributed by atoms with Crippen LogP contribution in [0.4, 0.5) is 0 Å². The molecular weight excluding hydrogens is 160 g/mol. The molecule has 0 aromatic heterocycles. The fraction of sp³-hybridized carbons (Fsp3) is 0.818. The summed E-state index contributed by atoms with van der Waals surface area (Å²) in [5, 5.41) is 0. The van der Waals surface area contributed by atoms with E-state index in [-0.39, 0.29) is 0 Å². The number of hydrogen-bond acceptors (Lipinski definition) is 2. The van der Waals surface area contributed by atoms with Crippen molar-refractivity contribution in [1.29, 1.82) is 0 Å². The van der Waals surface area contributed by atoms with Gasteiger partial charge >= 0.3 is 0 Å². The van der Waals surface area contributed by atoms with E-state index < -0.39 is 0 Å². The van der Waals surface area contributed by atoms with Gasteiger partial charge in [0.1, 0.15) is 0 Å². The lowest BCUT2D eigenvalue weighted by atomic mass is 9.87. The first kappa shape index (κ1) is 12.7. The van der Waals surface area contributed by atoms with E-state index in [0.717, 1.165) is 12.8 Å². The summed E-state index contributed by atoms with van der Waals surface area (Å²) >= 11 is 0. The van der Waals surface area contributed by atoms with Crippen LogP contribution in [0.25, 0.3) is 0 Å². The average Bonchev–Trinajstić information content (AvgIpc) is 2.12. The van der Waals surface area contributed by atoms with Crippen molar-refractivity contribution in [3.63, 3.8) is 0 Å². The average molecular weight is 184 g/mol. The van der Waals surface area contributed by atoms with Gasteiger partial charge in [-0.3, -0.25) is 11.3 Å². The van der Waals surface area contributed by atoms with Crippen LogP contribution in [0, 0.1) is 11.8 Å². The third-order valence-electron chi connectivity index (χ3n) is 2.91. The van der Waals surface area contributed by atoms with Gasteiger partial charge in [0.2, 0.25) is 0 Å². The molecule has 2 atom stereocenters. The molecule has 0 aliphatic rings. The van der Waals surface area contributed by atoms with Gasteiger partial charge in [0.05, 0.1) is 0 Å². The second-order valence-corrected chi connectivity index (χ2v) is 4.18. The topological polar surface area (TPSA) is 38.0 Å². The van der Waals surface area contributed by atoms with Crippen LogP contribution in [-0.4, -0.2) is 6.04 Å². The van der Waals surface area contributed by atoms with Gasteiger partial charge < -0.3 is 0 Å². The zero-order valence-electron chi connectivity index (χ0n) is 9.43. The second-order valence-electron chi connectivity index (χ2n) is 4.18. The van der Waals surface area contributed by atoms with E-state index in [2.05, 4.69) is 39.7 Å². The van der Waals surface area contributed by atoms with Crippen molar-refractivity contribution in [3.8, 4) is 0 Å². The zero-order chi connectivity index (χ0) is 10.4. The molecule has 78 valence electrons. The van der Waals surface area contributed by atoms with Crippen LogP contribution in [0.15, 0.2) is 12.2 Å². The summed E-state index contributed by atoms with van der Waals surface area (Å²) in [5.74, 6) is 6.77. The van der Waals surface area contributed by atoms with Gasteiger partial charge in [-0.2, -0.15) is 0 Å². The third-order valence-corrected chi connectivity index (χ3v) is 2.91. The van der Waals surface area contributed by atoms with E-state index in [1.165, 1.54) is 5.57 Å². The summed E-state index contributed by atoms with van der Waals surface area (Å²) in [6.07, 6.45) is 2.04. The highest BCUT2D eigenvalue weighted by Crippen LogP contribution is 2.19. The van der Waals surface area contributed by atoms with E-state index in [1.54, 1.807) is 0 Å². The highest BCUT2D eigenvalue weighted by molar-refractivity contribution is 4.97. The van der Waals surface area contributed by atoms with Gasteiger partial charge in [-0.05, 0) is 24.7 Å². The molecule has 0 aromatic carbocycles. The van der Waals surface area contributed by atoms with Crippen molar-refractivity contribution in [2.45, 2.75) is 46.6 Å². The van der Waals surface area contributed by atoms with Crippen molar-refractivity contribution in [1.82, 2.24) is 5.43 Å². The zero-order valence-corrected chi connectivity index (χ0v) is 9.43. The Hall–Kier alpha value is -0.340. The van der Waals surface area contributed by atoms with E-state index in [9.17, 15) is 0 Å². The number of rotatable bonds is 6. The lowest BCUT2D eigenvalue weighted by Crippen LogP contribution is -2.41. The van der Waals surface area contributed by atoms with Crippen LogP contribution in [0.5, 0.6) is 0 Å². The van der Waals surface area contributed by atoms with E-state index >= 15 is 0 Å². The van der Waals surface area contributed by atoms with Gasteiger partial charge in [-0.1, -0.05) is 39.8 Å². The van der Waals surface area contributed by atoms with Crippen molar-refractivity contribution < 1.29 is 0 Å². The number of hydrogen-bond donors (Lipinski definition) is 2. The molecule has 0 bridgehead atoms. The Balaban J connectivity index is 4.09. The predicted molar refractivity (Wildman–Crippen MR) is 59.2 cm³/mol. The van der Waals surface area contributed by atoms with Crippen molar-refractivity contribution in [3.05, 3.63) is 12.2 Å². The molecule has 0 fully saturated rings. The molecule has 0 heterocycles. The predicted octanol–water partition coefficient (Wildman–Crippen LogP) is 2.47. The van der Waals surface area contributed by atoms with Crippen LogP contribution in [-0.2, 0) is 0 Å². The van der Waals surface area contributed by atoms with Gasteiger partial charge in [0.25, 0.3) is 0 Å². The lowest BCUT2D eigenvalue weighted by molar-refractivity contribution is 0.298. The second kappa shape index (κ2) is 6.17. The Bertz CT molecular complexity index is 152. The molecule has 0 rings (SSSR count). The SMILES string of the molecule is C=C(CC)CC(NN)C(C)C(C)C. The third kappa shape index (κ3) is 4.44. The quantitative estimate of drug-likeness (QED) is 0.378. The number of nitrogens with one attached hydrogen (secondary N) is 1. The van der Waals surface area contributed by atoms with Crippen LogP contribution < -0.4 is 11.3 Å². The molecule has 2 heteroatoms. The van der Waals surface area contributed by atoms with Crippen LogP contribution in [0.2, 0.25) is 0 Å². The van der Waals surface area contributed by atoms with Crippen LogP contribution in [0.1, 0.15) is 40.5 Å². The van der Waals surface area contributed by atoms with Crippen molar-refractivity contribution >= 4 is 0 Å². The van der Waals surface area contributed by atoms with E-state index in [0.29, 0.717) is 17.9 Å². The molecule has 0 saturated heterocycles. The summed E-state index contributed by atoms with van der Waals surface area (Å²) < 4.78 is 0. The molecule has 3 N–H and O–H groups in total. The largest absolute Gasteiger partial charge is 0.271 e. The van der Waals surface area contributed by atoms with E-state index in [4.69, 9.17) is 5.84 Å². The molecule has 13 heavy (non-hydrogen) atoms. The summed E-state index contributed by atoms with van der Waals surface area (Å²) in [5.41, 5.74) is 4.16. The Kier molecular flexibility index (Phi) is 6.00. The molecular formula is C11H24N2. The lowest BCUT2D eigenvalue weighted by Gasteiger charge is -2.26. The van der Waals surface area contributed by atoms with Crippen molar-refractivity contribution in [2.24, 2.45) is 17.7 Å². The first-order valence-corrected chi connectivity index (χ1v) is 5.15. The molecule has 0 radical (unpaired) electrons. The molecule has 0 saturated carbocycles. The summed E-state index contributed by atoms with van der Waals surface area (Å²) in [6, 6.07) is 0.368. The minimum Gasteiger partial charge on any atom is -0.271 e. The highest BCUT2D eigenvalue weighted by Gasteiger charge is 2.18. The van der Waals surface area contributed by atoms with Gasteiger partial charge in [-0.15, -0.1) is 0 Å². The Morgan fingerprint density at radius 1 is 1.38 bits per heavy atom. The summed E-state index contributed by atoms with van der Waals surface area (Å²) in [7, 11) is 0. The molecule has 0 aliphatic carbocycles. The minimum absolute atomic E-state index is 0.368. The van der Waals surface area contributed by atoms with E-state index in [1.807, 2.05) is 0 Å². The minimum atomic E-state index is 0.368. The number of nitrogens with two attached hydrogens (primary N) is 1. The Morgan fingerprint density at radius 3 is 2.23 bits per heavy atom. The highest BCUT2D eigenvalue weighted by atomic mass is 15.2. The van der Waals surface area contributed by atoms with Gasteiger partial charge in [-0.25, -0.2) is 0 Å². The summed E-state index contributed by atoms with van der Waals surface area (Å²) in [6.45, 7) is 12.8. The smallest absolute Gasteiger partial charge is 0.0275 e. The fourth-order valence-corrected chi connectivity index (χ4v) is 1.32.